The summed E-state index contributed by atoms with van der Waals surface area (Å²) < 4.78 is 25.4. The van der Waals surface area contributed by atoms with Crippen LogP contribution < -0.4 is 5.32 Å². The molecule has 2 aromatic carbocycles. The first-order chi connectivity index (χ1) is 11.7. The van der Waals surface area contributed by atoms with E-state index in [-0.39, 0.29) is 15.5 Å². The third-order valence-electron chi connectivity index (χ3n) is 3.87. The Balaban J connectivity index is 2.09. The maximum absolute atomic E-state index is 12.7. The number of para-hydroxylation sites is 1. The number of halogens is 2. The molecule has 1 N–H and O–H groups in total. The molecule has 1 atom stereocenters. The highest BCUT2D eigenvalue weighted by Crippen LogP contribution is 2.36. The Morgan fingerprint density at radius 1 is 1.16 bits per heavy atom. The van der Waals surface area contributed by atoms with Crippen LogP contribution in [0.2, 0.25) is 10.0 Å². The Morgan fingerprint density at radius 2 is 1.84 bits per heavy atom. The number of anilines is 1. The van der Waals surface area contributed by atoms with Crippen molar-refractivity contribution < 1.29 is 18.0 Å². The lowest BCUT2D eigenvalue weighted by Crippen LogP contribution is -2.45. The van der Waals surface area contributed by atoms with Gasteiger partial charge in [0.25, 0.3) is 15.9 Å². The second-order valence-electron chi connectivity index (χ2n) is 5.40. The largest absolute Gasteiger partial charge is 0.324 e. The molecule has 2 aromatic rings. The van der Waals surface area contributed by atoms with Gasteiger partial charge in [0.1, 0.15) is 5.92 Å². The second-order valence-corrected chi connectivity index (χ2v) is 8.18. The number of fused-ring (bicyclic) bond motifs is 1. The van der Waals surface area contributed by atoms with Crippen molar-refractivity contribution in [2.24, 2.45) is 0 Å². The van der Waals surface area contributed by atoms with Gasteiger partial charge in [0.05, 0.1) is 15.6 Å². The molecular formula is C16H12Cl2N2O4S. The number of amides is 2. The summed E-state index contributed by atoms with van der Waals surface area (Å²) in [5, 5.41) is 3.08. The van der Waals surface area contributed by atoms with Gasteiger partial charge in [-0.05, 0) is 35.9 Å². The quantitative estimate of drug-likeness (QED) is 0.788. The van der Waals surface area contributed by atoms with Crippen molar-refractivity contribution in [3.05, 3.63) is 58.1 Å². The summed E-state index contributed by atoms with van der Waals surface area (Å²) in [6, 6.07) is 10.5. The topological polar surface area (TPSA) is 83.6 Å². The fraction of sp³-hybridized carbons (Fsp3) is 0.125. The highest BCUT2D eigenvalue weighted by molar-refractivity contribution is 7.89. The number of hydrogen-bond donors (Lipinski definition) is 1. The van der Waals surface area contributed by atoms with Crippen LogP contribution in [0.3, 0.4) is 0 Å². The van der Waals surface area contributed by atoms with Crippen LogP contribution in [0.4, 0.5) is 5.69 Å². The number of carbonyl (C=O) groups excluding carboxylic acids is 2. The fourth-order valence-corrected chi connectivity index (χ4v) is 4.30. The van der Waals surface area contributed by atoms with Gasteiger partial charge in [-0.3, -0.25) is 9.59 Å². The van der Waals surface area contributed by atoms with Gasteiger partial charge in [-0.15, -0.1) is 0 Å². The second kappa shape index (κ2) is 6.33. The van der Waals surface area contributed by atoms with Gasteiger partial charge in [0, 0.05) is 12.1 Å². The lowest BCUT2D eigenvalue weighted by Gasteiger charge is -2.30. The van der Waals surface area contributed by atoms with Gasteiger partial charge in [-0.2, -0.15) is 0 Å². The number of sulfonamides is 1. The smallest absolute Gasteiger partial charge is 0.266 e. The fourth-order valence-electron chi connectivity index (χ4n) is 2.58. The molecule has 3 rings (SSSR count). The molecule has 1 aliphatic rings. The van der Waals surface area contributed by atoms with Crippen LogP contribution >= 0.6 is 23.2 Å². The van der Waals surface area contributed by atoms with E-state index in [0.717, 1.165) is 7.05 Å². The lowest BCUT2D eigenvalue weighted by molar-refractivity contribution is -0.132. The van der Waals surface area contributed by atoms with Crippen LogP contribution in [0.25, 0.3) is 0 Å². The van der Waals surface area contributed by atoms with Crippen molar-refractivity contribution in [1.29, 1.82) is 0 Å². The van der Waals surface area contributed by atoms with Gasteiger partial charge >= 0.3 is 0 Å². The number of nitrogens with zero attached hydrogens (tertiary/aromatic N) is 1. The Bertz CT molecular complexity index is 991. The highest BCUT2D eigenvalue weighted by atomic mass is 35.5. The molecule has 1 unspecified atom stereocenters. The average molecular weight is 399 g/mol. The van der Waals surface area contributed by atoms with Gasteiger partial charge in [-0.25, -0.2) is 12.7 Å². The van der Waals surface area contributed by atoms with Crippen LogP contribution in [0.5, 0.6) is 0 Å². The number of carbonyl (C=O) groups is 2. The summed E-state index contributed by atoms with van der Waals surface area (Å²) in [6.07, 6.45) is 0. The maximum atomic E-state index is 12.7. The molecule has 0 fully saturated rings. The third kappa shape index (κ3) is 2.99. The molecule has 130 valence electrons. The molecule has 0 saturated carbocycles. The van der Waals surface area contributed by atoms with Crippen molar-refractivity contribution in [1.82, 2.24) is 4.31 Å². The SMILES string of the molecule is CN1C(=O)C(C(=O)Nc2ccccc2Cl)c2cc(Cl)ccc2S1(=O)=O. The lowest BCUT2D eigenvalue weighted by atomic mass is 9.96. The zero-order valence-electron chi connectivity index (χ0n) is 12.9. The zero-order valence-corrected chi connectivity index (χ0v) is 15.2. The van der Waals surface area contributed by atoms with Gasteiger partial charge in [-0.1, -0.05) is 35.3 Å². The van der Waals surface area contributed by atoms with E-state index in [2.05, 4.69) is 5.32 Å². The molecule has 6 nitrogen and oxygen atoms in total. The molecule has 9 heteroatoms. The standard InChI is InChI=1S/C16H12Cl2N2O4S/c1-20-16(22)14(15(21)19-12-5-3-2-4-11(12)18)10-8-9(17)6-7-13(10)25(20,23)24/h2-8,14H,1H3,(H,19,21). The molecule has 0 aliphatic carbocycles. The molecule has 0 radical (unpaired) electrons. The van der Waals surface area contributed by atoms with Crippen LogP contribution in [0.1, 0.15) is 11.5 Å². The van der Waals surface area contributed by atoms with Gasteiger partial charge < -0.3 is 5.32 Å². The van der Waals surface area contributed by atoms with Crippen molar-refractivity contribution in [3.63, 3.8) is 0 Å². The highest BCUT2D eigenvalue weighted by Gasteiger charge is 2.44. The molecule has 0 saturated heterocycles. The first kappa shape index (κ1) is 17.7. The number of likely N-dealkylation sites (N-methyl/N-ethyl adjacent to an activating group) is 1. The van der Waals surface area contributed by atoms with E-state index in [1.807, 2.05) is 0 Å². The van der Waals surface area contributed by atoms with Crippen LogP contribution in [-0.4, -0.2) is 31.6 Å². The summed E-state index contributed by atoms with van der Waals surface area (Å²) in [7, 11) is -2.90. The molecular weight excluding hydrogens is 387 g/mol. The van der Waals surface area contributed by atoms with E-state index in [9.17, 15) is 18.0 Å². The van der Waals surface area contributed by atoms with Crippen molar-refractivity contribution in [2.45, 2.75) is 10.8 Å². The number of nitrogens with one attached hydrogen (secondary N) is 1. The predicted octanol–water partition coefficient (Wildman–Crippen LogP) is 2.88. The summed E-state index contributed by atoms with van der Waals surface area (Å²) in [4.78, 5) is 25.1. The predicted molar refractivity (Wildman–Crippen MR) is 94.2 cm³/mol. The first-order valence-electron chi connectivity index (χ1n) is 7.11. The van der Waals surface area contributed by atoms with Crippen LogP contribution in [0.15, 0.2) is 47.4 Å². The minimum Gasteiger partial charge on any atom is -0.324 e. The molecule has 1 aliphatic heterocycles. The van der Waals surface area contributed by atoms with E-state index in [0.29, 0.717) is 15.0 Å². The zero-order chi connectivity index (χ0) is 18.4. The van der Waals surface area contributed by atoms with Crippen LogP contribution in [0, 0.1) is 0 Å². The summed E-state index contributed by atoms with van der Waals surface area (Å²) in [5.41, 5.74) is 0.363. The Hall–Kier alpha value is -2.09. The summed E-state index contributed by atoms with van der Waals surface area (Å²) in [5.74, 6) is -2.90. The third-order valence-corrected chi connectivity index (χ3v) is 6.27. The average Bonchev–Trinajstić information content (AvgIpc) is 2.55. The number of rotatable bonds is 2. The van der Waals surface area contributed by atoms with Crippen molar-refractivity contribution >= 4 is 50.7 Å². The van der Waals surface area contributed by atoms with Crippen LogP contribution in [-0.2, 0) is 19.6 Å². The molecule has 0 spiro atoms. The molecule has 0 bridgehead atoms. The normalized spacial score (nSPS) is 18.6. The Labute approximate surface area is 154 Å². The Morgan fingerprint density at radius 3 is 2.52 bits per heavy atom. The van der Waals surface area contributed by atoms with E-state index in [1.54, 1.807) is 24.3 Å². The van der Waals surface area contributed by atoms with Crippen molar-refractivity contribution in [3.8, 4) is 0 Å². The van der Waals surface area contributed by atoms with E-state index >= 15 is 0 Å². The number of benzene rings is 2. The van der Waals surface area contributed by atoms with E-state index in [4.69, 9.17) is 23.2 Å². The minimum absolute atomic E-state index is 0.0418. The van der Waals surface area contributed by atoms with Gasteiger partial charge in [0.15, 0.2) is 0 Å². The first-order valence-corrected chi connectivity index (χ1v) is 9.30. The van der Waals surface area contributed by atoms with Gasteiger partial charge in [0.2, 0.25) is 5.91 Å². The molecule has 1 heterocycles. The maximum Gasteiger partial charge on any atom is 0.266 e. The van der Waals surface area contributed by atoms with E-state index < -0.39 is 27.8 Å². The Kier molecular flexibility index (Phi) is 4.49. The monoisotopic (exact) mass is 398 g/mol. The van der Waals surface area contributed by atoms with E-state index in [1.165, 1.54) is 18.2 Å². The molecule has 2 amide bonds. The minimum atomic E-state index is -4.02. The summed E-state index contributed by atoms with van der Waals surface area (Å²) in [6.45, 7) is 0. The number of hydrogen-bond acceptors (Lipinski definition) is 4. The molecule has 0 aromatic heterocycles. The molecule has 25 heavy (non-hydrogen) atoms. The van der Waals surface area contributed by atoms with Crippen molar-refractivity contribution in [2.75, 3.05) is 12.4 Å². The summed E-state index contributed by atoms with van der Waals surface area (Å²) >= 11 is 12.0.